The zero-order valence-electron chi connectivity index (χ0n) is 14.5. The number of ether oxygens (including phenoxy) is 1. The molecule has 0 unspecified atom stereocenters. The standard InChI is InChI=1S/C16H23N5O3S/c1-4-17-15-11-16(21-12(2)20-15)18-9-10-19-25(22,23)14-7-5-13(24-3)6-8-14/h5-8,11,19H,4,9-10H2,1-3H3,(H2,17,18,20,21). The Bertz CT molecular complexity index is 794. The molecule has 0 amide bonds. The van der Waals surface area contributed by atoms with Gasteiger partial charge < -0.3 is 15.4 Å². The molecular weight excluding hydrogens is 342 g/mol. The number of nitrogens with zero attached hydrogens (tertiary/aromatic N) is 2. The molecule has 3 N–H and O–H groups in total. The molecule has 2 rings (SSSR count). The second kappa shape index (κ2) is 8.63. The minimum absolute atomic E-state index is 0.195. The van der Waals surface area contributed by atoms with Gasteiger partial charge in [-0.1, -0.05) is 0 Å². The maximum absolute atomic E-state index is 12.2. The Morgan fingerprint density at radius 2 is 1.68 bits per heavy atom. The SMILES string of the molecule is CCNc1cc(NCCNS(=O)(=O)c2ccc(OC)cc2)nc(C)n1. The molecule has 1 aromatic carbocycles. The van der Waals surface area contributed by atoms with Gasteiger partial charge in [-0.05, 0) is 38.1 Å². The lowest BCUT2D eigenvalue weighted by Crippen LogP contribution is -2.29. The number of sulfonamides is 1. The van der Waals surface area contributed by atoms with Crippen LogP contribution in [0.15, 0.2) is 35.2 Å². The topological polar surface area (TPSA) is 105 Å². The summed E-state index contributed by atoms with van der Waals surface area (Å²) < 4.78 is 32.0. The lowest BCUT2D eigenvalue weighted by Gasteiger charge is -2.10. The quantitative estimate of drug-likeness (QED) is 0.580. The summed E-state index contributed by atoms with van der Waals surface area (Å²) >= 11 is 0. The van der Waals surface area contributed by atoms with E-state index >= 15 is 0 Å². The minimum atomic E-state index is -3.56. The maximum Gasteiger partial charge on any atom is 0.240 e. The molecule has 8 nitrogen and oxygen atoms in total. The van der Waals surface area contributed by atoms with Crippen LogP contribution in [-0.4, -0.2) is 45.1 Å². The lowest BCUT2D eigenvalue weighted by atomic mass is 10.3. The van der Waals surface area contributed by atoms with Crippen molar-refractivity contribution < 1.29 is 13.2 Å². The van der Waals surface area contributed by atoms with Crippen LogP contribution in [0.2, 0.25) is 0 Å². The van der Waals surface area contributed by atoms with Crippen molar-refractivity contribution in [3.8, 4) is 5.75 Å². The monoisotopic (exact) mass is 365 g/mol. The fourth-order valence-electron chi connectivity index (χ4n) is 2.14. The first-order chi connectivity index (χ1) is 11.9. The average Bonchev–Trinajstić information content (AvgIpc) is 2.59. The Morgan fingerprint density at radius 3 is 2.28 bits per heavy atom. The fourth-order valence-corrected chi connectivity index (χ4v) is 3.18. The number of anilines is 2. The van der Waals surface area contributed by atoms with Crippen LogP contribution in [0.3, 0.4) is 0 Å². The van der Waals surface area contributed by atoms with Crippen molar-refractivity contribution in [2.75, 3.05) is 37.4 Å². The van der Waals surface area contributed by atoms with Crippen molar-refractivity contribution in [2.24, 2.45) is 0 Å². The summed E-state index contributed by atoms with van der Waals surface area (Å²) in [6, 6.07) is 8.02. The van der Waals surface area contributed by atoms with E-state index in [1.807, 2.05) is 6.92 Å². The van der Waals surface area contributed by atoms with Gasteiger partial charge in [0.05, 0.1) is 12.0 Å². The first-order valence-electron chi connectivity index (χ1n) is 7.91. The molecule has 0 bridgehead atoms. The van der Waals surface area contributed by atoms with Gasteiger partial charge in [-0.3, -0.25) is 0 Å². The van der Waals surface area contributed by atoms with E-state index in [1.165, 1.54) is 19.2 Å². The van der Waals surface area contributed by atoms with Crippen LogP contribution >= 0.6 is 0 Å². The number of rotatable bonds is 9. The number of methoxy groups -OCH3 is 1. The molecule has 25 heavy (non-hydrogen) atoms. The van der Waals surface area contributed by atoms with Gasteiger partial charge in [0, 0.05) is 25.7 Å². The summed E-state index contributed by atoms with van der Waals surface area (Å²) in [4.78, 5) is 8.73. The number of hydrogen-bond acceptors (Lipinski definition) is 7. The Kier molecular flexibility index (Phi) is 6.54. The van der Waals surface area contributed by atoms with Gasteiger partial charge in [-0.15, -0.1) is 0 Å². The Balaban J connectivity index is 1.89. The van der Waals surface area contributed by atoms with Crippen molar-refractivity contribution >= 4 is 21.7 Å². The highest BCUT2D eigenvalue weighted by molar-refractivity contribution is 7.89. The number of nitrogens with one attached hydrogen (secondary N) is 3. The third-order valence-electron chi connectivity index (χ3n) is 3.29. The summed E-state index contributed by atoms with van der Waals surface area (Å²) in [6.45, 7) is 5.18. The van der Waals surface area contributed by atoms with Crippen molar-refractivity contribution in [1.82, 2.24) is 14.7 Å². The molecule has 0 fully saturated rings. The predicted molar refractivity (Wildman–Crippen MR) is 97.6 cm³/mol. The second-order valence-electron chi connectivity index (χ2n) is 5.22. The fraction of sp³-hybridized carbons (Fsp3) is 0.375. The van der Waals surface area contributed by atoms with Gasteiger partial charge in [0.15, 0.2) is 0 Å². The number of aryl methyl sites for hydroxylation is 1. The van der Waals surface area contributed by atoms with E-state index < -0.39 is 10.0 Å². The number of aromatic nitrogens is 2. The normalized spacial score (nSPS) is 11.2. The van der Waals surface area contributed by atoms with Crippen LogP contribution in [0.25, 0.3) is 0 Å². The molecule has 1 heterocycles. The summed E-state index contributed by atoms with van der Waals surface area (Å²) in [5.74, 6) is 2.62. The first kappa shape index (κ1) is 18.9. The molecule has 0 radical (unpaired) electrons. The van der Waals surface area contributed by atoms with Crippen LogP contribution in [0.1, 0.15) is 12.7 Å². The maximum atomic E-state index is 12.2. The zero-order chi connectivity index (χ0) is 18.3. The van der Waals surface area contributed by atoms with Crippen molar-refractivity contribution in [2.45, 2.75) is 18.7 Å². The largest absolute Gasteiger partial charge is 0.497 e. The molecule has 1 aromatic heterocycles. The molecule has 136 valence electrons. The van der Waals surface area contributed by atoms with E-state index in [4.69, 9.17) is 4.74 Å². The Hall–Kier alpha value is -2.39. The Morgan fingerprint density at radius 1 is 1.04 bits per heavy atom. The van der Waals surface area contributed by atoms with Crippen molar-refractivity contribution in [3.63, 3.8) is 0 Å². The van der Waals surface area contributed by atoms with Gasteiger partial charge in [0.2, 0.25) is 10.0 Å². The number of benzene rings is 1. The molecule has 0 aliphatic carbocycles. The van der Waals surface area contributed by atoms with Gasteiger partial charge in [-0.2, -0.15) is 0 Å². The van der Waals surface area contributed by atoms with Crippen LogP contribution < -0.4 is 20.1 Å². The highest BCUT2D eigenvalue weighted by atomic mass is 32.2. The van der Waals surface area contributed by atoms with Gasteiger partial charge >= 0.3 is 0 Å². The van der Waals surface area contributed by atoms with Gasteiger partial charge in [-0.25, -0.2) is 23.1 Å². The molecule has 0 aliphatic heterocycles. The predicted octanol–water partition coefficient (Wildman–Crippen LogP) is 1.62. The highest BCUT2D eigenvalue weighted by Gasteiger charge is 2.13. The van der Waals surface area contributed by atoms with E-state index in [0.29, 0.717) is 23.9 Å². The summed E-state index contributed by atoms with van der Waals surface area (Å²) in [7, 11) is -2.02. The smallest absolute Gasteiger partial charge is 0.240 e. The molecule has 2 aromatic rings. The summed E-state index contributed by atoms with van der Waals surface area (Å²) in [6.07, 6.45) is 0. The zero-order valence-corrected chi connectivity index (χ0v) is 15.4. The van der Waals surface area contributed by atoms with Crippen LogP contribution in [0.4, 0.5) is 11.6 Å². The van der Waals surface area contributed by atoms with Gasteiger partial charge in [0.1, 0.15) is 23.2 Å². The Labute approximate surface area is 148 Å². The van der Waals surface area contributed by atoms with Crippen molar-refractivity contribution in [1.29, 1.82) is 0 Å². The third-order valence-corrected chi connectivity index (χ3v) is 4.77. The summed E-state index contributed by atoms with van der Waals surface area (Å²) in [5, 5.41) is 6.21. The van der Waals surface area contributed by atoms with E-state index in [2.05, 4.69) is 25.3 Å². The lowest BCUT2D eigenvalue weighted by molar-refractivity contribution is 0.414. The van der Waals surface area contributed by atoms with E-state index in [1.54, 1.807) is 25.1 Å². The van der Waals surface area contributed by atoms with Gasteiger partial charge in [0.25, 0.3) is 0 Å². The molecule has 0 aliphatic rings. The van der Waals surface area contributed by atoms with Crippen LogP contribution in [-0.2, 0) is 10.0 Å². The first-order valence-corrected chi connectivity index (χ1v) is 9.40. The highest BCUT2D eigenvalue weighted by Crippen LogP contribution is 2.15. The molecule has 0 atom stereocenters. The van der Waals surface area contributed by atoms with E-state index in [0.717, 1.165) is 12.4 Å². The molecule has 0 spiro atoms. The molecule has 9 heteroatoms. The second-order valence-corrected chi connectivity index (χ2v) is 6.98. The molecular formula is C16H23N5O3S. The minimum Gasteiger partial charge on any atom is -0.497 e. The molecule has 0 saturated carbocycles. The molecule has 0 saturated heterocycles. The number of hydrogen-bond donors (Lipinski definition) is 3. The van der Waals surface area contributed by atoms with Crippen molar-refractivity contribution in [3.05, 3.63) is 36.2 Å². The average molecular weight is 365 g/mol. The summed E-state index contributed by atoms with van der Waals surface area (Å²) in [5.41, 5.74) is 0. The third kappa shape index (κ3) is 5.57. The van der Waals surface area contributed by atoms with E-state index in [9.17, 15) is 8.42 Å². The van der Waals surface area contributed by atoms with E-state index in [-0.39, 0.29) is 11.4 Å². The van der Waals surface area contributed by atoms with Crippen LogP contribution in [0, 0.1) is 6.92 Å². The van der Waals surface area contributed by atoms with Crippen LogP contribution in [0.5, 0.6) is 5.75 Å².